The topological polar surface area (TPSA) is 44.7 Å². The number of carbonyl (C=O) groups is 1. The lowest BCUT2D eigenvalue weighted by atomic mass is 9.48. The standard InChI is InChI=1S/C10H15NO/c1-5-6-4-7(10(6,2)3)9(12)8(5)11/h6-7H,4,11H2,1-3H3/p+1/t6-,7?/m0/s1. The SMILES string of the molecule is CC1=C([NH3+])C(=O)C2C[C@@H]1C2(C)C. The molecule has 12 heavy (non-hydrogen) atoms. The molecule has 0 amide bonds. The van der Waals surface area contributed by atoms with Gasteiger partial charge in [-0.2, -0.15) is 0 Å². The van der Waals surface area contributed by atoms with Crippen molar-refractivity contribution in [3.8, 4) is 0 Å². The zero-order chi connectivity index (χ0) is 9.09. The number of rotatable bonds is 0. The molecule has 3 aliphatic carbocycles. The summed E-state index contributed by atoms with van der Waals surface area (Å²) in [5.41, 5.74) is 6.06. The number of fused-ring (bicyclic) bond motifs is 1. The molecule has 1 fully saturated rings. The first kappa shape index (κ1) is 7.99. The number of quaternary nitrogens is 1. The van der Waals surface area contributed by atoms with Gasteiger partial charge < -0.3 is 5.73 Å². The fraction of sp³-hybridized carbons (Fsp3) is 0.700. The van der Waals surface area contributed by atoms with Crippen molar-refractivity contribution >= 4 is 5.78 Å². The molecule has 2 bridgehead atoms. The minimum absolute atomic E-state index is 0.211. The van der Waals surface area contributed by atoms with Gasteiger partial charge in [-0.3, -0.25) is 4.79 Å². The van der Waals surface area contributed by atoms with Gasteiger partial charge in [0.2, 0.25) is 5.78 Å². The maximum absolute atomic E-state index is 11.7. The van der Waals surface area contributed by atoms with Crippen molar-refractivity contribution in [2.24, 2.45) is 17.3 Å². The van der Waals surface area contributed by atoms with E-state index in [-0.39, 0.29) is 11.3 Å². The van der Waals surface area contributed by atoms with Gasteiger partial charge in [0.15, 0.2) is 5.70 Å². The molecular weight excluding hydrogens is 150 g/mol. The molecule has 3 aliphatic rings. The normalized spacial score (nSPS) is 38.2. The van der Waals surface area contributed by atoms with Gasteiger partial charge in [-0.15, -0.1) is 0 Å². The van der Waals surface area contributed by atoms with Crippen LogP contribution in [-0.2, 0) is 4.79 Å². The second-order valence-corrected chi connectivity index (χ2v) is 4.69. The molecule has 3 N–H and O–H groups in total. The average Bonchev–Trinajstić information content (AvgIpc) is 1.98. The third-order valence-corrected chi connectivity index (χ3v) is 3.88. The van der Waals surface area contributed by atoms with Crippen molar-refractivity contribution in [2.45, 2.75) is 27.2 Å². The van der Waals surface area contributed by atoms with E-state index in [2.05, 4.69) is 26.5 Å². The second-order valence-electron chi connectivity index (χ2n) is 4.69. The highest BCUT2D eigenvalue weighted by Crippen LogP contribution is 2.58. The van der Waals surface area contributed by atoms with Crippen LogP contribution >= 0.6 is 0 Å². The zero-order valence-electron chi connectivity index (χ0n) is 7.98. The number of hydrogen-bond acceptors (Lipinski definition) is 1. The highest BCUT2D eigenvalue weighted by atomic mass is 16.1. The molecule has 0 saturated heterocycles. The van der Waals surface area contributed by atoms with E-state index in [4.69, 9.17) is 0 Å². The summed E-state index contributed by atoms with van der Waals surface area (Å²) in [5, 5.41) is 0. The predicted molar refractivity (Wildman–Crippen MR) is 46.0 cm³/mol. The van der Waals surface area contributed by atoms with Gasteiger partial charge in [0.25, 0.3) is 0 Å². The molecule has 3 rings (SSSR count). The molecule has 0 aromatic carbocycles. The van der Waals surface area contributed by atoms with Crippen LogP contribution in [0.1, 0.15) is 27.2 Å². The Morgan fingerprint density at radius 1 is 1.42 bits per heavy atom. The summed E-state index contributed by atoms with van der Waals surface area (Å²) in [4.78, 5) is 11.7. The summed E-state index contributed by atoms with van der Waals surface area (Å²) in [6.07, 6.45) is 1.07. The second kappa shape index (κ2) is 1.99. The molecule has 1 unspecified atom stereocenters. The Kier molecular flexibility index (Phi) is 1.33. The number of carbonyl (C=O) groups excluding carboxylic acids is 1. The Morgan fingerprint density at radius 2 is 2.00 bits per heavy atom. The molecule has 0 aliphatic heterocycles. The van der Waals surface area contributed by atoms with Crippen LogP contribution < -0.4 is 5.73 Å². The van der Waals surface area contributed by atoms with Gasteiger partial charge in [0.1, 0.15) is 0 Å². The van der Waals surface area contributed by atoms with Crippen LogP contribution in [0.4, 0.5) is 0 Å². The Morgan fingerprint density at radius 3 is 2.42 bits per heavy atom. The number of hydrogen-bond donors (Lipinski definition) is 1. The van der Waals surface area contributed by atoms with Crippen LogP contribution in [0.5, 0.6) is 0 Å². The Balaban J connectivity index is 2.48. The fourth-order valence-corrected chi connectivity index (χ4v) is 2.72. The van der Waals surface area contributed by atoms with E-state index >= 15 is 0 Å². The quantitative estimate of drug-likeness (QED) is 0.567. The van der Waals surface area contributed by atoms with Crippen LogP contribution in [-0.4, -0.2) is 5.78 Å². The van der Waals surface area contributed by atoms with Gasteiger partial charge >= 0.3 is 0 Å². The van der Waals surface area contributed by atoms with Crippen molar-refractivity contribution < 1.29 is 10.5 Å². The molecular formula is C10H16NO+. The minimum Gasteiger partial charge on any atom is -0.322 e. The Bertz CT molecular complexity index is 288. The van der Waals surface area contributed by atoms with E-state index in [1.54, 1.807) is 0 Å². The number of Topliss-reactive ketones (excluding diaryl/α,β-unsaturated/α-hetero) is 1. The van der Waals surface area contributed by atoms with E-state index in [1.807, 2.05) is 0 Å². The van der Waals surface area contributed by atoms with Gasteiger partial charge in [0, 0.05) is 5.92 Å². The van der Waals surface area contributed by atoms with Crippen molar-refractivity contribution in [3.63, 3.8) is 0 Å². The first-order valence-electron chi connectivity index (χ1n) is 4.53. The van der Waals surface area contributed by atoms with Gasteiger partial charge in [-0.1, -0.05) is 13.8 Å². The summed E-state index contributed by atoms with van der Waals surface area (Å²) in [6, 6.07) is 0. The number of ketones is 1. The van der Waals surface area contributed by atoms with Crippen molar-refractivity contribution in [2.75, 3.05) is 0 Å². The lowest BCUT2D eigenvalue weighted by Gasteiger charge is -2.54. The fourth-order valence-electron chi connectivity index (χ4n) is 2.72. The van der Waals surface area contributed by atoms with E-state index < -0.39 is 0 Å². The molecule has 0 aromatic heterocycles. The van der Waals surface area contributed by atoms with Crippen molar-refractivity contribution in [3.05, 3.63) is 11.3 Å². The highest BCUT2D eigenvalue weighted by molar-refractivity contribution is 5.98. The van der Waals surface area contributed by atoms with E-state index in [1.165, 1.54) is 5.57 Å². The molecule has 0 aromatic rings. The summed E-state index contributed by atoms with van der Waals surface area (Å²) >= 11 is 0. The first-order valence-corrected chi connectivity index (χ1v) is 4.53. The van der Waals surface area contributed by atoms with Crippen molar-refractivity contribution in [1.82, 2.24) is 0 Å². The molecule has 66 valence electrons. The number of allylic oxidation sites excluding steroid dienone is 2. The molecule has 0 spiro atoms. The molecule has 2 heteroatoms. The monoisotopic (exact) mass is 166 g/mol. The maximum atomic E-state index is 11.7. The van der Waals surface area contributed by atoms with E-state index in [9.17, 15) is 4.79 Å². The zero-order valence-corrected chi connectivity index (χ0v) is 7.98. The maximum Gasteiger partial charge on any atom is 0.219 e. The summed E-state index contributed by atoms with van der Waals surface area (Å²) in [5.74, 6) is 1.17. The largest absolute Gasteiger partial charge is 0.322 e. The van der Waals surface area contributed by atoms with Crippen LogP contribution in [0, 0.1) is 17.3 Å². The summed E-state index contributed by atoms with van der Waals surface area (Å²) < 4.78 is 0. The highest BCUT2D eigenvalue weighted by Gasteiger charge is 2.57. The summed E-state index contributed by atoms with van der Waals surface area (Å²) in [6.45, 7) is 6.45. The van der Waals surface area contributed by atoms with Crippen molar-refractivity contribution in [1.29, 1.82) is 0 Å². The molecule has 2 atom stereocenters. The predicted octanol–water partition coefficient (Wildman–Crippen LogP) is 0.747. The third-order valence-electron chi connectivity index (χ3n) is 3.88. The molecule has 2 nitrogen and oxygen atoms in total. The molecule has 1 saturated carbocycles. The molecule has 0 heterocycles. The average molecular weight is 166 g/mol. The molecule has 0 radical (unpaired) electrons. The van der Waals surface area contributed by atoms with Crippen LogP contribution in [0.25, 0.3) is 0 Å². The van der Waals surface area contributed by atoms with E-state index in [0.717, 1.165) is 12.1 Å². The van der Waals surface area contributed by atoms with E-state index in [0.29, 0.717) is 11.7 Å². The van der Waals surface area contributed by atoms with Gasteiger partial charge in [-0.05, 0) is 30.3 Å². The lowest BCUT2D eigenvalue weighted by Crippen LogP contribution is -2.63. The summed E-state index contributed by atoms with van der Waals surface area (Å²) in [7, 11) is 0. The Labute approximate surface area is 72.8 Å². The van der Waals surface area contributed by atoms with Gasteiger partial charge in [-0.25, -0.2) is 0 Å². The first-order chi connectivity index (χ1) is 5.46. The van der Waals surface area contributed by atoms with Crippen LogP contribution in [0.3, 0.4) is 0 Å². The lowest BCUT2D eigenvalue weighted by molar-refractivity contribution is -0.307. The third kappa shape index (κ3) is 0.667. The smallest absolute Gasteiger partial charge is 0.219 e. The van der Waals surface area contributed by atoms with Gasteiger partial charge in [0.05, 0.1) is 0 Å². The Hall–Kier alpha value is -0.630. The van der Waals surface area contributed by atoms with Crippen LogP contribution in [0.15, 0.2) is 11.3 Å². The van der Waals surface area contributed by atoms with Crippen LogP contribution in [0.2, 0.25) is 0 Å². The minimum atomic E-state index is 0.211.